The molecule has 3 heterocycles. The van der Waals surface area contributed by atoms with Gasteiger partial charge in [0.1, 0.15) is 17.3 Å². The van der Waals surface area contributed by atoms with Crippen LogP contribution in [-0.2, 0) is 0 Å². The molecule has 0 aliphatic heterocycles. The van der Waals surface area contributed by atoms with E-state index in [9.17, 15) is 0 Å². The zero-order valence-electron chi connectivity index (χ0n) is 39.0. The molecule has 0 unspecified atom stereocenters. The summed E-state index contributed by atoms with van der Waals surface area (Å²) in [7, 11) is 0. The van der Waals surface area contributed by atoms with E-state index >= 15 is 0 Å². The predicted octanol–water partition coefficient (Wildman–Crippen LogP) is 14.1. The van der Waals surface area contributed by atoms with Gasteiger partial charge in [-0.25, -0.2) is 4.98 Å². The van der Waals surface area contributed by atoms with Crippen LogP contribution in [0.1, 0.15) is 97.3 Å². The fourth-order valence-corrected chi connectivity index (χ4v) is 7.08. The van der Waals surface area contributed by atoms with Crippen molar-refractivity contribution in [2.75, 3.05) is 21.3 Å². The minimum Gasteiger partial charge on any atom is -0.346 e. The van der Waals surface area contributed by atoms with Gasteiger partial charge in [-0.15, -0.1) is 0 Å². The molecule has 0 aliphatic carbocycles. The highest BCUT2D eigenvalue weighted by atomic mass is 15.2. The van der Waals surface area contributed by atoms with Gasteiger partial charge in [0.15, 0.2) is 0 Å². The molecular weight excluding hydrogens is 739 g/mol. The van der Waals surface area contributed by atoms with Gasteiger partial charge in [-0.1, -0.05) is 26.0 Å². The summed E-state index contributed by atoms with van der Waals surface area (Å²) in [5, 5.41) is 14.8. The largest absolute Gasteiger partial charge is 0.346 e. The van der Waals surface area contributed by atoms with Crippen LogP contribution >= 0.6 is 0 Å². The number of aromatic nitrogens is 5. The summed E-state index contributed by atoms with van der Waals surface area (Å²) in [6, 6.07) is 14.8. The van der Waals surface area contributed by atoms with Crippen molar-refractivity contribution >= 4 is 57.3 Å². The van der Waals surface area contributed by atoms with E-state index in [0.717, 1.165) is 51.0 Å². The Morgan fingerprint density at radius 1 is 0.383 bits per heavy atom. The van der Waals surface area contributed by atoms with Crippen molar-refractivity contribution in [2.45, 2.75) is 118 Å². The molecule has 0 radical (unpaired) electrons. The monoisotopic (exact) mass is 804 g/mol. The molecule has 9 heteroatoms. The fraction of sp³-hybridized carbons (Fsp3) is 0.333. The molecule has 0 aliphatic rings. The topological polar surface area (TPSA) is 115 Å². The molecule has 0 bridgehead atoms. The first-order chi connectivity index (χ1) is 28.4. The molecule has 0 fully saturated rings. The van der Waals surface area contributed by atoms with Gasteiger partial charge in [-0.2, -0.15) is 15.0 Å². The lowest BCUT2D eigenvalue weighted by Gasteiger charge is -2.17. The summed E-state index contributed by atoms with van der Waals surface area (Å²) < 4.78 is 0. The fourth-order valence-electron chi connectivity index (χ4n) is 7.08. The van der Waals surface area contributed by atoms with E-state index in [1.807, 2.05) is 39.2 Å². The number of hydrogen-bond acceptors (Lipinski definition) is 8. The highest BCUT2D eigenvalue weighted by Gasteiger charge is 2.15. The smallest absolute Gasteiger partial charge is 0.231 e. The van der Waals surface area contributed by atoms with Crippen LogP contribution in [-0.4, -0.2) is 24.9 Å². The van der Waals surface area contributed by atoms with Crippen molar-refractivity contribution in [3.05, 3.63) is 138 Å². The summed E-state index contributed by atoms with van der Waals surface area (Å²) in [6.45, 7) is 36.1. The number of nitrogens with one attached hydrogen (secondary N) is 5. The average molecular weight is 804 g/mol. The van der Waals surface area contributed by atoms with E-state index in [2.05, 4.69) is 165 Å². The SMILES string of the molecule is CC.Cc1ccc(Nc2nc(Nc3cc(C)c(C)c(C)c3C)nc3[nH]ccc23)c(C)c1C.Cc1cnc(Nc2cc(C)c(C)c(C)c2C)nc1Nc1ccc(C)c(C)c1C. The minimum atomic E-state index is 0.569. The number of fused-ring (bicyclic) bond motifs is 1. The first kappa shape index (κ1) is 44.9. The molecule has 60 heavy (non-hydrogen) atoms. The Morgan fingerprint density at radius 3 is 1.33 bits per heavy atom. The number of anilines is 8. The van der Waals surface area contributed by atoms with Crippen LogP contribution in [0, 0.1) is 104 Å². The lowest BCUT2D eigenvalue weighted by molar-refractivity contribution is 1.12. The Morgan fingerprint density at radius 2 is 0.817 bits per heavy atom. The number of aromatic amines is 1. The van der Waals surface area contributed by atoms with E-state index in [-0.39, 0.29) is 0 Å². The predicted molar refractivity (Wildman–Crippen MR) is 257 cm³/mol. The Labute approximate surface area is 358 Å². The van der Waals surface area contributed by atoms with Crippen molar-refractivity contribution in [2.24, 2.45) is 0 Å². The summed E-state index contributed by atoms with van der Waals surface area (Å²) >= 11 is 0. The van der Waals surface area contributed by atoms with Crippen molar-refractivity contribution in [3.8, 4) is 0 Å². The van der Waals surface area contributed by atoms with Crippen LogP contribution in [0.3, 0.4) is 0 Å². The molecule has 7 aromatic rings. The first-order valence-electron chi connectivity index (χ1n) is 21.0. The highest BCUT2D eigenvalue weighted by Crippen LogP contribution is 2.33. The van der Waals surface area contributed by atoms with Gasteiger partial charge in [0.2, 0.25) is 11.9 Å². The molecule has 0 saturated carbocycles. The molecule has 314 valence electrons. The van der Waals surface area contributed by atoms with Gasteiger partial charge in [-0.3, -0.25) is 0 Å². The maximum absolute atomic E-state index is 4.83. The molecule has 5 N–H and O–H groups in total. The second kappa shape index (κ2) is 18.8. The molecule has 9 nitrogen and oxygen atoms in total. The molecule has 0 spiro atoms. The van der Waals surface area contributed by atoms with E-state index in [0.29, 0.717) is 11.9 Å². The third-order valence-corrected chi connectivity index (χ3v) is 12.5. The Kier molecular flexibility index (Phi) is 14.1. The molecule has 0 amide bonds. The van der Waals surface area contributed by atoms with E-state index < -0.39 is 0 Å². The summed E-state index contributed by atoms with van der Waals surface area (Å²) in [5.74, 6) is 2.77. The molecule has 7 rings (SSSR count). The Bertz CT molecular complexity index is 2690. The van der Waals surface area contributed by atoms with Crippen molar-refractivity contribution in [1.29, 1.82) is 0 Å². The summed E-state index contributed by atoms with van der Waals surface area (Å²) in [4.78, 5) is 22.0. The second-order valence-electron chi connectivity index (χ2n) is 16.0. The maximum atomic E-state index is 4.83. The highest BCUT2D eigenvalue weighted by molar-refractivity contribution is 5.91. The van der Waals surface area contributed by atoms with Crippen LogP contribution in [0.4, 0.5) is 46.3 Å². The third-order valence-electron chi connectivity index (χ3n) is 12.5. The lowest BCUT2D eigenvalue weighted by Crippen LogP contribution is -2.06. The van der Waals surface area contributed by atoms with Gasteiger partial charge in [0.05, 0.1) is 5.39 Å². The molecule has 0 saturated heterocycles. The Balaban J connectivity index is 0.000000219. The van der Waals surface area contributed by atoms with Gasteiger partial charge in [-0.05, 0) is 212 Å². The second-order valence-corrected chi connectivity index (χ2v) is 16.0. The van der Waals surface area contributed by atoms with Gasteiger partial charge < -0.3 is 26.3 Å². The van der Waals surface area contributed by atoms with Gasteiger partial charge in [0.25, 0.3) is 0 Å². The summed E-state index contributed by atoms with van der Waals surface area (Å²) in [6.07, 6.45) is 3.75. The number of benzene rings is 4. The number of rotatable bonds is 8. The molecule has 4 aromatic carbocycles. The molecule has 0 atom stereocenters. The number of H-pyrrole nitrogens is 1. The molecule has 3 aromatic heterocycles. The average Bonchev–Trinajstić information content (AvgIpc) is 3.72. The third kappa shape index (κ3) is 9.46. The zero-order valence-corrected chi connectivity index (χ0v) is 39.0. The molecular formula is C51H65N9. The Hall–Kier alpha value is -6.22. The van der Waals surface area contributed by atoms with Gasteiger partial charge >= 0.3 is 0 Å². The summed E-state index contributed by atoms with van der Waals surface area (Å²) in [5.41, 5.74) is 23.9. The van der Waals surface area contributed by atoms with E-state index in [4.69, 9.17) is 15.0 Å². The normalized spacial score (nSPS) is 10.8. The van der Waals surface area contributed by atoms with Crippen LogP contribution in [0.5, 0.6) is 0 Å². The minimum absolute atomic E-state index is 0.569. The van der Waals surface area contributed by atoms with E-state index in [1.54, 1.807) is 0 Å². The number of aryl methyl sites for hydroxylation is 5. The first-order valence-corrected chi connectivity index (χ1v) is 21.0. The lowest BCUT2D eigenvalue weighted by atomic mass is 9.98. The van der Waals surface area contributed by atoms with Crippen LogP contribution in [0.2, 0.25) is 0 Å². The van der Waals surface area contributed by atoms with Crippen molar-refractivity contribution in [3.63, 3.8) is 0 Å². The van der Waals surface area contributed by atoms with Crippen LogP contribution in [0.25, 0.3) is 11.0 Å². The van der Waals surface area contributed by atoms with Crippen molar-refractivity contribution in [1.82, 2.24) is 24.9 Å². The standard InChI is InChI=1S/C25H29N5.C24H30N4.C2H6/c1-13-8-9-21(18(6)15(13)3)27-24-20-10-11-26-23(20)29-25(30-24)28-22-12-14(2)16(4)17(5)19(22)7;1-13-9-10-21(19(7)16(13)4)26-23-15(3)12-25-24(28-23)27-22-11-14(2)17(5)18(6)20(22)8;1-2/h8-12H,1-7H3,(H3,26,27,28,29,30);9-12H,1-8H3,(H2,25,26,27,28);1-2H3. The van der Waals surface area contributed by atoms with Crippen molar-refractivity contribution < 1.29 is 0 Å². The zero-order chi connectivity index (χ0) is 44.2. The van der Waals surface area contributed by atoms with Crippen LogP contribution in [0.15, 0.2) is 54.9 Å². The number of hydrogen-bond donors (Lipinski definition) is 5. The number of nitrogens with zero attached hydrogens (tertiary/aromatic N) is 4. The van der Waals surface area contributed by atoms with Gasteiger partial charge in [0, 0.05) is 40.7 Å². The van der Waals surface area contributed by atoms with E-state index in [1.165, 1.54) is 77.9 Å². The quantitative estimate of drug-likeness (QED) is 0.103. The van der Waals surface area contributed by atoms with Crippen LogP contribution < -0.4 is 21.3 Å². The maximum Gasteiger partial charge on any atom is 0.231 e.